The van der Waals surface area contributed by atoms with Gasteiger partial charge in [-0.3, -0.25) is 4.79 Å². The third kappa shape index (κ3) is 3.29. The number of Topliss-reactive ketones (excluding diaryl/α,β-unsaturated/α-hetero) is 1. The molecule has 3 aromatic rings. The van der Waals surface area contributed by atoms with Gasteiger partial charge in [-0.25, -0.2) is 0 Å². The first-order valence-electron chi connectivity index (χ1n) is 7.37. The lowest BCUT2D eigenvalue weighted by Crippen LogP contribution is -2.05. The maximum absolute atomic E-state index is 11.6. The Kier molecular flexibility index (Phi) is 4.19. The smallest absolute Gasteiger partial charge is 0.248 e. The van der Waals surface area contributed by atoms with E-state index in [9.17, 15) is 4.79 Å². The highest BCUT2D eigenvalue weighted by molar-refractivity contribution is 5.99. The van der Waals surface area contributed by atoms with Crippen molar-refractivity contribution < 1.29 is 9.21 Å². The van der Waals surface area contributed by atoms with Gasteiger partial charge in [-0.2, -0.15) is 0 Å². The van der Waals surface area contributed by atoms with E-state index in [2.05, 4.69) is 15.5 Å². The molecule has 2 aromatic carbocycles. The molecule has 0 saturated heterocycles. The molecule has 1 N–H and O–H groups in total. The second-order valence-corrected chi connectivity index (χ2v) is 5.27. The Morgan fingerprint density at radius 3 is 2.61 bits per heavy atom. The summed E-state index contributed by atoms with van der Waals surface area (Å²) in [5, 5.41) is 11.3. The van der Waals surface area contributed by atoms with Crippen molar-refractivity contribution in [1.29, 1.82) is 0 Å². The van der Waals surface area contributed by atoms with Gasteiger partial charge in [0, 0.05) is 16.8 Å². The van der Waals surface area contributed by atoms with Crippen molar-refractivity contribution in [1.82, 2.24) is 10.2 Å². The van der Waals surface area contributed by atoms with Crippen LogP contribution in [0.25, 0.3) is 11.5 Å². The Morgan fingerprint density at radius 2 is 1.83 bits per heavy atom. The molecule has 5 nitrogen and oxygen atoms in total. The highest BCUT2D eigenvalue weighted by Crippen LogP contribution is 2.22. The lowest BCUT2D eigenvalue weighted by Gasteiger charge is -2.07. The molecular weight excluding hydrogens is 290 g/mol. The lowest BCUT2D eigenvalue weighted by atomic mass is 10.1. The average molecular weight is 307 g/mol. The van der Waals surface area contributed by atoms with Crippen LogP contribution in [-0.2, 0) is 6.54 Å². The minimum Gasteiger partial charge on any atom is -0.419 e. The summed E-state index contributed by atoms with van der Waals surface area (Å²) in [6.07, 6.45) is 0. The first kappa shape index (κ1) is 15.0. The molecule has 0 bridgehead atoms. The Morgan fingerprint density at radius 1 is 1.09 bits per heavy atom. The second kappa shape index (κ2) is 6.44. The summed E-state index contributed by atoms with van der Waals surface area (Å²) < 4.78 is 5.70. The molecule has 0 aliphatic rings. The van der Waals surface area contributed by atoms with E-state index >= 15 is 0 Å². The number of aromatic nitrogens is 2. The molecule has 116 valence electrons. The minimum atomic E-state index is 0.0132. The number of nitrogens with zero attached hydrogens (tertiary/aromatic N) is 2. The molecule has 0 fully saturated rings. The number of para-hydroxylation sites is 1. The number of aryl methyl sites for hydroxylation is 1. The lowest BCUT2D eigenvalue weighted by molar-refractivity contribution is 0.101. The molecule has 5 heteroatoms. The van der Waals surface area contributed by atoms with Crippen LogP contribution in [0.3, 0.4) is 0 Å². The predicted octanol–water partition coefficient (Wildman–Crippen LogP) is 3.86. The number of carbonyl (C=O) groups excluding carboxylic acids is 1. The van der Waals surface area contributed by atoms with E-state index in [4.69, 9.17) is 4.42 Å². The molecule has 0 aliphatic carbocycles. The predicted molar refractivity (Wildman–Crippen MR) is 88.2 cm³/mol. The van der Waals surface area contributed by atoms with E-state index in [1.165, 1.54) is 0 Å². The van der Waals surface area contributed by atoms with Gasteiger partial charge in [0.05, 0.1) is 6.54 Å². The van der Waals surface area contributed by atoms with Crippen LogP contribution in [-0.4, -0.2) is 16.0 Å². The van der Waals surface area contributed by atoms with Gasteiger partial charge in [-0.15, -0.1) is 10.2 Å². The Balaban J connectivity index is 1.76. The van der Waals surface area contributed by atoms with E-state index < -0.39 is 0 Å². The van der Waals surface area contributed by atoms with Crippen LogP contribution < -0.4 is 5.32 Å². The maximum atomic E-state index is 11.6. The van der Waals surface area contributed by atoms with E-state index in [0.717, 1.165) is 16.8 Å². The molecule has 0 amide bonds. The number of benzene rings is 2. The van der Waals surface area contributed by atoms with Crippen LogP contribution in [0.5, 0.6) is 0 Å². The van der Waals surface area contributed by atoms with Crippen molar-refractivity contribution in [3.8, 4) is 11.5 Å². The van der Waals surface area contributed by atoms with Gasteiger partial charge in [-0.1, -0.05) is 30.3 Å². The van der Waals surface area contributed by atoms with Crippen LogP contribution >= 0.6 is 0 Å². The van der Waals surface area contributed by atoms with E-state index in [-0.39, 0.29) is 5.78 Å². The van der Waals surface area contributed by atoms with Gasteiger partial charge in [0.15, 0.2) is 5.78 Å². The Hall–Kier alpha value is -2.95. The van der Waals surface area contributed by atoms with Crippen molar-refractivity contribution in [3.63, 3.8) is 0 Å². The number of nitrogens with one attached hydrogen (secondary N) is 1. The Bertz CT molecular complexity index is 840. The van der Waals surface area contributed by atoms with Gasteiger partial charge in [0.2, 0.25) is 11.8 Å². The first-order valence-corrected chi connectivity index (χ1v) is 7.37. The van der Waals surface area contributed by atoms with Gasteiger partial charge in [-0.05, 0) is 37.6 Å². The minimum absolute atomic E-state index is 0.0132. The summed E-state index contributed by atoms with van der Waals surface area (Å²) in [5.74, 6) is 0.987. The summed E-state index contributed by atoms with van der Waals surface area (Å²) in [5.41, 5.74) is 3.41. The molecule has 0 saturated carbocycles. The molecule has 0 atom stereocenters. The summed E-state index contributed by atoms with van der Waals surface area (Å²) in [6, 6.07) is 15.2. The fourth-order valence-corrected chi connectivity index (χ4v) is 2.36. The normalized spacial score (nSPS) is 10.5. The van der Waals surface area contributed by atoms with E-state index in [1.54, 1.807) is 13.0 Å². The molecule has 0 unspecified atom stereocenters. The second-order valence-electron chi connectivity index (χ2n) is 5.27. The number of hydrogen-bond acceptors (Lipinski definition) is 5. The highest BCUT2D eigenvalue weighted by atomic mass is 16.4. The highest BCUT2D eigenvalue weighted by Gasteiger charge is 2.11. The zero-order valence-corrected chi connectivity index (χ0v) is 13.0. The molecular formula is C18H17N3O2. The van der Waals surface area contributed by atoms with Crippen LogP contribution in [0.15, 0.2) is 52.9 Å². The summed E-state index contributed by atoms with van der Waals surface area (Å²) >= 11 is 0. The van der Waals surface area contributed by atoms with Crippen LogP contribution in [0.4, 0.5) is 5.69 Å². The molecule has 1 heterocycles. The number of anilines is 1. The number of ketones is 1. The molecule has 3 rings (SSSR count). The molecule has 0 radical (unpaired) electrons. The average Bonchev–Trinajstić information content (AvgIpc) is 3.02. The van der Waals surface area contributed by atoms with E-state index in [0.29, 0.717) is 23.9 Å². The standard InChI is InChI=1S/C18H17N3O2/c1-12-7-3-4-8-14(12)18-21-20-17(23-18)11-19-16-10-6-5-9-15(16)13(2)22/h3-10,19H,11H2,1-2H3. The Labute approximate surface area is 134 Å². The van der Waals surface area contributed by atoms with Gasteiger partial charge < -0.3 is 9.73 Å². The van der Waals surface area contributed by atoms with Crippen molar-refractivity contribution in [2.24, 2.45) is 0 Å². The van der Waals surface area contributed by atoms with Crippen molar-refractivity contribution >= 4 is 11.5 Å². The van der Waals surface area contributed by atoms with E-state index in [1.807, 2.05) is 49.4 Å². The SMILES string of the molecule is CC(=O)c1ccccc1NCc1nnc(-c2ccccc2C)o1. The van der Waals surface area contributed by atoms with Gasteiger partial charge in [0.25, 0.3) is 0 Å². The number of carbonyl (C=O) groups is 1. The van der Waals surface area contributed by atoms with Gasteiger partial charge >= 0.3 is 0 Å². The van der Waals surface area contributed by atoms with Crippen molar-refractivity contribution in [2.45, 2.75) is 20.4 Å². The molecule has 0 aliphatic heterocycles. The monoisotopic (exact) mass is 307 g/mol. The zero-order chi connectivity index (χ0) is 16.2. The third-order valence-corrected chi connectivity index (χ3v) is 3.58. The summed E-state index contributed by atoms with van der Waals surface area (Å²) in [7, 11) is 0. The zero-order valence-electron chi connectivity index (χ0n) is 13.0. The van der Waals surface area contributed by atoms with Crippen LogP contribution in [0.2, 0.25) is 0 Å². The first-order chi connectivity index (χ1) is 11.1. The summed E-state index contributed by atoms with van der Waals surface area (Å²) in [6.45, 7) is 3.91. The largest absolute Gasteiger partial charge is 0.419 e. The van der Waals surface area contributed by atoms with Crippen molar-refractivity contribution in [3.05, 3.63) is 65.5 Å². The fraction of sp³-hybridized carbons (Fsp3) is 0.167. The maximum Gasteiger partial charge on any atom is 0.248 e. The number of rotatable bonds is 5. The molecule has 1 aromatic heterocycles. The third-order valence-electron chi connectivity index (χ3n) is 3.58. The summed E-state index contributed by atoms with van der Waals surface area (Å²) in [4.78, 5) is 11.6. The fourth-order valence-electron chi connectivity index (χ4n) is 2.36. The quantitative estimate of drug-likeness (QED) is 0.725. The van der Waals surface area contributed by atoms with Crippen molar-refractivity contribution in [2.75, 3.05) is 5.32 Å². The number of hydrogen-bond donors (Lipinski definition) is 1. The van der Waals surface area contributed by atoms with Gasteiger partial charge in [0.1, 0.15) is 0 Å². The van der Waals surface area contributed by atoms with Crippen LogP contribution in [0, 0.1) is 6.92 Å². The van der Waals surface area contributed by atoms with Crippen LogP contribution in [0.1, 0.15) is 28.7 Å². The molecule has 0 spiro atoms. The molecule has 23 heavy (non-hydrogen) atoms. The topological polar surface area (TPSA) is 68.0 Å².